The highest BCUT2D eigenvalue weighted by Gasteiger charge is 2.22. The summed E-state index contributed by atoms with van der Waals surface area (Å²) in [6.07, 6.45) is 4.33. The molecule has 3 aromatic rings. The van der Waals surface area contributed by atoms with E-state index in [-0.39, 0.29) is 5.75 Å². The van der Waals surface area contributed by atoms with Crippen molar-refractivity contribution >= 4 is 45.3 Å². The van der Waals surface area contributed by atoms with E-state index in [1.165, 1.54) is 0 Å². The molecule has 0 atom stereocenters. The molecule has 0 spiro atoms. The van der Waals surface area contributed by atoms with Crippen LogP contribution in [0.3, 0.4) is 0 Å². The Balaban J connectivity index is 1.34. The first-order valence-corrected chi connectivity index (χ1v) is 12.0. The van der Waals surface area contributed by atoms with Gasteiger partial charge in [0.25, 0.3) is 0 Å². The van der Waals surface area contributed by atoms with Crippen LogP contribution in [0.4, 0.5) is 11.8 Å². The van der Waals surface area contributed by atoms with Crippen LogP contribution in [0, 0.1) is 3.57 Å². The molecule has 8 heteroatoms. The Bertz CT molecular complexity index is 1080. The van der Waals surface area contributed by atoms with Crippen LogP contribution in [-0.4, -0.2) is 48.4 Å². The maximum atomic E-state index is 10.0. The number of fused-ring (bicyclic) bond motifs is 1. The average molecular weight is 547 g/mol. The lowest BCUT2D eigenvalue weighted by atomic mass is 9.91. The zero-order valence-corrected chi connectivity index (χ0v) is 20.9. The summed E-state index contributed by atoms with van der Waals surface area (Å²) < 4.78 is 6.08. The molecule has 1 fully saturated rings. The second kappa shape index (κ2) is 10.1. The fraction of sp³-hybridized carbons (Fsp3) is 0.417. The minimum atomic E-state index is 0.205. The van der Waals surface area contributed by atoms with E-state index >= 15 is 0 Å². The molecule has 1 saturated carbocycles. The number of phenolic OH excluding ortho intramolecular Hbond substituents is 1. The molecule has 0 saturated heterocycles. The third kappa shape index (κ3) is 5.17. The number of aromatic hydroxyl groups is 1. The summed E-state index contributed by atoms with van der Waals surface area (Å²) >= 11 is 2.14. The molecular weight excluding hydrogens is 517 g/mol. The van der Waals surface area contributed by atoms with Gasteiger partial charge < -0.3 is 25.4 Å². The predicted octanol–water partition coefficient (Wildman–Crippen LogP) is 4.53. The number of phenols is 1. The van der Waals surface area contributed by atoms with Crippen LogP contribution < -0.4 is 20.3 Å². The molecule has 1 aliphatic rings. The van der Waals surface area contributed by atoms with Gasteiger partial charge >= 0.3 is 0 Å². The van der Waals surface area contributed by atoms with E-state index in [4.69, 9.17) is 14.7 Å². The average Bonchev–Trinajstić information content (AvgIpc) is 2.80. The first-order valence-electron chi connectivity index (χ1n) is 10.9. The highest BCUT2D eigenvalue weighted by Crippen LogP contribution is 2.32. The number of nitrogens with zero attached hydrogens (tertiary/aromatic N) is 3. The summed E-state index contributed by atoms with van der Waals surface area (Å²) in [5.74, 6) is 2.37. The summed E-state index contributed by atoms with van der Waals surface area (Å²) in [5.41, 5.74) is 2.08. The molecule has 4 rings (SSSR count). The topological polar surface area (TPSA) is 82.5 Å². The van der Waals surface area contributed by atoms with Crippen molar-refractivity contribution in [3.63, 3.8) is 0 Å². The van der Waals surface area contributed by atoms with E-state index in [9.17, 15) is 5.11 Å². The number of ether oxygens (including phenoxy) is 1. The van der Waals surface area contributed by atoms with E-state index in [0.717, 1.165) is 58.1 Å². The Morgan fingerprint density at radius 2 is 1.81 bits per heavy atom. The number of methoxy groups -OCH3 is 1. The Morgan fingerprint density at radius 1 is 1.09 bits per heavy atom. The van der Waals surface area contributed by atoms with Crippen molar-refractivity contribution in [2.45, 2.75) is 44.3 Å². The summed E-state index contributed by atoms with van der Waals surface area (Å²) in [6, 6.07) is 12.9. The number of anilines is 2. The maximum Gasteiger partial charge on any atom is 0.225 e. The number of hydrogen-bond donors (Lipinski definition) is 3. The van der Waals surface area contributed by atoms with Gasteiger partial charge in [0.15, 0.2) is 11.5 Å². The number of rotatable bonds is 7. The van der Waals surface area contributed by atoms with Gasteiger partial charge in [0.2, 0.25) is 5.95 Å². The highest BCUT2D eigenvalue weighted by atomic mass is 127. The smallest absolute Gasteiger partial charge is 0.225 e. The zero-order valence-electron chi connectivity index (χ0n) is 18.7. The van der Waals surface area contributed by atoms with Gasteiger partial charge in [-0.3, -0.25) is 0 Å². The van der Waals surface area contributed by atoms with Crippen LogP contribution >= 0.6 is 22.6 Å². The van der Waals surface area contributed by atoms with E-state index in [0.29, 0.717) is 23.8 Å². The van der Waals surface area contributed by atoms with Crippen molar-refractivity contribution in [1.82, 2.24) is 15.3 Å². The molecule has 32 heavy (non-hydrogen) atoms. The fourth-order valence-electron chi connectivity index (χ4n) is 4.24. The van der Waals surface area contributed by atoms with Gasteiger partial charge in [0.1, 0.15) is 5.82 Å². The molecule has 0 amide bonds. The Morgan fingerprint density at radius 3 is 2.53 bits per heavy atom. The van der Waals surface area contributed by atoms with Crippen LogP contribution in [0.2, 0.25) is 0 Å². The maximum absolute atomic E-state index is 10.0. The first-order chi connectivity index (χ1) is 15.4. The Kier molecular flexibility index (Phi) is 7.20. The van der Waals surface area contributed by atoms with Crippen LogP contribution in [0.5, 0.6) is 11.5 Å². The summed E-state index contributed by atoms with van der Waals surface area (Å²) in [4.78, 5) is 11.6. The van der Waals surface area contributed by atoms with Gasteiger partial charge in [-0.15, -0.1) is 0 Å². The van der Waals surface area contributed by atoms with Crippen molar-refractivity contribution in [3.05, 3.63) is 45.5 Å². The van der Waals surface area contributed by atoms with Crippen molar-refractivity contribution in [2.24, 2.45) is 0 Å². The molecule has 1 heterocycles. The quantitative estimate of drug-likeness (QED) is 0.375. The molecule has 1 aliphatic carbocycles. The molecule has 7 nitrogen and oxygen atoms in total. The summed E-state index contributed by atoms with van der Waals surface area (Å²) in [7, 11) is 5.61. The third-order valence-corrected chi connectivity index (χ3v) is 6.79. The number of nitrogens with one attached hydrogen (secondary N) is 2. The molecule has 170 valence electrons. The van der Waals surface area contributed by atoms with Crippen LogP contribution in [0.15, 0.2) is 36.4 Å². The fourth-order valence-corrected chi connectivity index (χ4v) is 4.90. The molecule has 0 bridgehead atoms. The predicted molar refractivity (Wildman–Crippen MR) is 138 cm³/mol. The zero-order chi connectivity index (χ0) is 22.7. The van der Waals surface area contributed by atoms with Crippen LogP contribution in [-0.2, 0) is 6.54 Å². The van der Waals surface area contributed by atoms with Gasteiger partial charge in [-0.1, -0.05) is 12.1 Å². The normalized spacial score (nSPS) is 18.5. The minimum Gasteiger partial charge on any atom is -0.504 e. The van der Waals surface area contributed by atoms with E-state index in [1.807, 2.05) is 49.3 Å². The minimum absolute atomic E-state index is 0.205. The largest absolute Gasteiger partial charge is 0.504 e. The van der Waals surface area contributed by atoms with Crippen LogP contribution in [0.25, 0.3) is 10.9 Å². The van der Waals surface area contributed by atoms with Gasteiger partial charge in [-0.05, 0) is 78.1 Å². The molecule has 2 aromatic carbocycles. The van der Waals surface area contributed by atoms with Crippen molar-refractivity contribution in [3.8, 4) is 11.5 Å². The van der Waals surface area contributed by atoms with Gasteiger partial charge in [-0.25, -0.2) is 4.98 Å². The molecule has 3 N–H and O–H groups in total. The summed E-state index contributed by atoms with van der Waals surface area (Å²) in [6.45, 7) is 0.759. The molecule has 0 radical (unpaired) electrons. The Labute approximate surface area is 202 Å². The van der Waals surface area contributed by atoms with Gasteiger partial charge in [0.05, 0.1) is 16.2 Å². The number of halogens is 1. The number of aromatic nitrogens is 2. The van der Waals surface area contributed by atoms with E-state index in [2.05, 4.69) is 39.3 Å². The second-order valence-electron chi connectivity index (χ2n) is 8.48. The van der Waals surface area contributed by atoms with Crippen LogP contribution in [0.1, 0.15) is 31.2 Å². The van der Waals surface area contributed by atoms with Crippen molar-refractivity contribution in [1.29, 1.82) is 0 Å². The first kappa shape index (κ1) is 22.8. The molecule has 1 aromatic heterocycles. The third-order valence-electron chi connectivity index (χ3n) is 5.97. The van der Waals surface area contributed by atoms with Gasteiger partial charge in [0, 0.05) is 38.1 Å². The lowest BCUT2D eigenvalue weighted by molar-refractivity contribution is 0.350. The molecular formula is C24H30IN5O2. The SMILES string of the molecule is COc1cc(CNC2CCC(Nc3nc(N(C)C)c4ccccc4n3)CC2)cc(I)c1O. The van der Waals surface area contributed by atoms with Crippen molar-refractivity contribution < 1.29 is 9.84 Å². The second-order valence-corrected chi connectivity index (χ2v) is 9.65. The van der Waals surface area contributed by atoms with E-state index < -0.39 is 0 Å². The number of para-hydroxylation sites is 1. The monoisotopic (exact) mass is 547 g/mol. The van der Waals surface area contributed by atoms with E-state index in [1.54, 1.807) is 7.11 Å². The standard InChI is InChI=1S/C24H30IN5O2/c1-30(2)23-18-6-4-5-7-20(18)28-24(29-23)27-17-10-8-16(9-11-17)26-14-15-12-19(25)22(31)21(13-15)32-3/h4-7,12-13,16-17,26,31H,8-11,14H2,1-3H3,(H,27,28,29). The summed E-state index contributed by atoms with van der Waals surface area (Å²) in [5, 5.41) is 18.3. The molecule has 0 aliphatic heterocycles. The number of benzene rings is 2. The van der Waals surface area contributed by atoms with Crippen molar-refractivity contribution in [2.75, 3.05) is 31.4 Å². The lowest BCUT2D eigenvalue weighted by Gasteiger charge is -2.30. The van der Waals surface area contributed by atoms with Gasteiger partial charge in [-0.2, -0.15) is 4.98 Å². The highest BCUT2D eigenvalue weighted by molar-refractivity contribution is 14.1. The molecule has 0 unspecified atom stereocenters. The Hall–Kier alpha value is -2.33. The number of hydrogen-bond acceptors (Lipinski definition) is 7. The lowest BCUT2D eigenvalue weighted by Crippen LogP contribution is -2.37.